The van der Waals surface area contributed by atoms with E-state index in [2.05, 4.69) is 10.6 Å². The third-order valence-electron chi connectivity index (χ3n) is 5.46. The summed E-state index contributed by atoms with van der Waals surface area (Å²) in [6.45, 7) is 1.68. The van der Waals surface area contributed by atoms with Gasteiger partial charge in [0.05, 0.1) is 36.0 Å². The minimum atomic E-state index is -0.928. The summed E-state index contributed by atoms with van der Waals surface area (Å²) in [5.74, 6) is -1.63. The molecule has 0 spiro atoms. The normalized spacial score (nSPS) is 14.2. The molecule has 9 nitrogen and oxygen atoms in total. The first-order valence-electron chi connectivity index (χ1n) is 11.7. The molecule has 1 fully saturated rings. The van der Waals surface area contributed by atoms with E-state index < -0.39 is 23.8 Å². The highest BCUT2D eigenvalue weighted by molar-refractivity contribution is 14.1. The van der Waals surface area contributed by atoms with Crippen LogP contribution in [0, 0.1) is 3.57 Å². The Hall–Kier alpha value is -3.03. The molecule has 0 aliphatic carbocycles. The summed E-state index contributed by atoms with van der Waals surface area (Å²) in [5.41, 5.74) is 0.683. The molecular weight excluding hydrogens is 731 g/mol. The van der Waals surface area contributed by atoms with Crippen molar-refractivity contribution in [2.45, 2.75) is 6.92 Å². The monoisotopic (exact) mass is 747 g/mol. The molecule has 212 valence electrons. The molecule has 1 aliphatic rings. The summed E-state index contributed by atoms with van der Waals surface area (Å²) in [5, 5.41) is 5.83. The molecule has 1 heterocycles. The average Bonchev–Trinajstić information content (AvgIpc) is 2.90. The second kappa shape index (κ2) is 13.3. The molecule has 41 heavy (non-hydrogen) atoms. The topological polar surface area (TPSA) is 114 Å². The second-order valence-electron chi connectivity index (χ2n) is 8.29. The van der Waals surface area contributed by atoms with Crippen molar-refractivity contribution in [2.75, 3.05) is 23.4 Å². The maximum Gasteiger partial charge on any atom is 0.335 e. The fraction of sp³-hybridized carbons (Fsp3) is 0.111. The number of hydrogen-bond acceptors (Lipinski definition) is 6. The van der Waals surface area contributed by atoms with Gasteiger partial charge in [0.15, 0.2) is 18.1 Å². The number of rotatable bonds is 8. The summed E-state index contributed by atoms with van der Waals surface area (Å²) in [6.07, 6.45) is 1.32. The molecule has 0 atom stereocenters. The molecule has 3 aromatic carbocycles. The van der Waals surface area contributed by atoms with Gasteiger partial charge in [0.1, 0.15) is 5.57 Å². The van der Waals surface area contributed by atoms with Gasteiger partial charge >= 0.3 is 6.03 Å². The third kappa shape index (κ3) is 7.25. The maximum absolute atomic E-state index is 13.3. The second-order valence-corrected chi connectivity index (χ2v) is 11.1. The van der Waals surface area contributed by atoms with E-state index in [0.29, 0.717) is 19.8 Å². The summed E-state index contributed by atoms with van der Waals surface area (Å²) in [7, 11) is 0. The van der Waals surface area contributed by atoms with Crippen molar-refractivity contribution in [3.05, 3.63) is 83.3 Å². The Morgan fingerprint density at radius 3 is 2.29 bits per heavy atom. The standard InChI is InChI=1S/C27H18Cl4IN3O6/c1-2-40-22-9-13(8-21(32)24(22)41-12-23(36)33-14-3-5-17(28)19(30)10-14)7-16-25(37)34-27(39)35(26(16)38)15-4-6-18(29)20(31)11-15/h3-11H,2,12H2,1H3,(H,33,36)(H,34,37,39)/b16-7-. The van der Waals surface area contributed by atoms with Crippen molar-refractivity contribution in [1.82, 2.24) is 5.32 Å². The molecular formula is C27H18Cl4IN3O6. The van der Waals surface area contributed by atoms with Gasteiger partial charge < -0.3 is 14.8 Å². The molecule has 0 saturated carbocycles. The number of ether oxygens (including phenoxy) is 2. The van der Waals surface area contributed by atoms with E-state index in [4.69, 9.17) is 55.9 Å². The van der Waals surface area contributed by atoms with Crippen molar-refractivity contribution in [3.8, 4) is 11.5 Å². The number of imide groups is 2. The maximum atomic E-state index is 13.3. The highest BCUT2D eigenvalue weighted by Gasteiger charge is 2.37. The van der Waals surface area contributed by atoms with Crippen LogP contribution < -0.4 is 25.0 Å². The van der Waals surface area contributed by atoms with Gasteiger partial charge in [0.2, 0.25) is 0 Å². The lowest BCUT2D eigenvalue weighted by Gasteiger charge is -2.26. The lowest BCUT2D eigenvalue weighted by atomic mass is 10.1. The quantitative estimate of drug-likeness (QED) is 0.146. The zero-order chi connectivity index (χ0) is 29.8. The van der Waals surface area contributed by atoms with Crippen molar-refractivity contribution >= 4 is 110 Å². The zero-order valence-electron chi connectivity index (χ0n) is 20.9. The van der Waals surface area contributed by atoms with Crippen LogP contribution in [0.2, 0.25) is 20.1 Å². The van der Waals surface area contributed by atoms with E-state index in [0.717, 1.165) is 4.90 Å². The van der Waals surface area contributed by atoms with Crippen LogP contribution in [0.15, 0.2) is 54.1 Å². The molecule has 1 saturated heterocycles. The number of urea groups is 1. The predicted molar refractivity (Wildman–Crippen MR) is 166 cm³/mol. The fourth-order valence-electron chi connectivity index (χ4n) is 3.67. The third-order valence-corrected chi connectivity index (χ3v) is 7.74. The molecule has 0 radical (unpaired) electrons. The SMILES string of the molecule is CCOc1cc(/C=C2/C(=O)NC(=O)N(c3ccc(Cl)c(Cl)c3)C2=O)cc(I)c1OCC(=O)Nc1ccc(Cl)c(Cl)c1. The molecule has 2 N–H and O–H groups in total. The van der Waals surface area contributed by atoms with Crippen LogP contribution in [-0.2, 0) is 14.4 Å². The number of anilines is 2. The van der Waals surface area contributed by atoms with E-state index >= 15 is 0 Å². The molecule has 0 aromatic heterocycles. The molecule has 0 bridgehead atoms. The summed E-state index contributed by atoms with van der Waals surface area (Å²) in [6, 6.07) is 11.1. The Labute approximate surface area is 267 Å². The number of carbonyl (C=O) groups excluding carboxylic acids is 4. The molecule has 5 amide bonds. The van der Waals surface area contributed by atoms with Crippen LogP contribution in [0.4, 0.5) is 16.2 Å². The molecule has 14 heteroatoms. The largest absolute Gasteiger partial charge is 0.490 e. The lowest BCUT2D eigenvalue weighted by Crippen LogP contribution is -2.54. The highest BCUT2D eigenvalue weighted by atomic mass is 127. The number of benzene rings is 3. The number of halogens is 5. The minimum Gasteiger partial charge on any atom is -0.490 e. The first kappa shape index (κ1) is 30.9. The predicted octanol–water partition coefficient (Wildman–Crippen LogP) is 6.99. The number of carbonyl (C=O) groups is 4. The first-order valence-corrected chi connectivity index (χ1v) is 14.3. The Kier molecular flexibility index (Phi) is 10.0. The van der Waals surface area contributed by atoms with E-state index in [-0.39, 0.29) is 51.0 Å². The molecule has 3 aromatic rings. The fourth-order valence-corrected chi connectivity index (χ4v) is 5.04. The van der Waals surface area contributed by atoms with E-state index in [9.17, 15) is 19.2 Å². The van der Waals surface area contributed by atoms with Gasteiger partial charge in [-0.2, -0.15) is 0 Å². The van der Waals surface area contributed by atoms with E-state index in [1.165, 1.54) is 30.3 Å². The van der Waals surface area contributed by atoms with Gasteiger partial charge in [-0.1, -0.05) is 46.4 Å². The van der Waals surface area contributed by atoms with Gasteiger partial charge in [-0.15, -0.1) is 0 Å². The zero-order valence-corrected chi connectivity index (χ0v) is 26.1. The van der Waals surface area contributed by atoms with Gasteiger partial charge in [0.25, 0.3) is 17.7 Å². The lowest BCUT2D eigenvalue weighted by molar-refractivity contribution is -0.122. The van der Waals surface area contributed by atoms with Crippen LogP contribution >= 0.6 is 69.0 Å². The number of amides is 5. The van der Waals surface area contributed by atoms with Crippen LogP contribution in [0.1, 0.15) is 12.5 Å². The van der Waals surface area contributed by atoms with Crippen molar-refractivity contribution in [2.24, 2.45) is 0 Å². The van der Waals surface area contributed by atoms with Crippen LogP contribution in [-0.4, -0.2) is 37.0 Å². The van der Waals surface area contributed by atoms with Crippen molar-refractivity contribution in [3.63, 3.8) is 0 Å². The van der Waals surface area contributed by atoms with Crippen LogP contribution in [0.25, 0.3) is 6.08 Å². The minimum absolute atomic E-state index is 0.129. The van der Waals surface area contributed by atoms with Gasteiger partial charge in [0, 0.05) is 5.69 Å². The van der Waals surface area contributed by atoms with E-state index in [1.807, 2.05) is 22.6 Å². The number of nitrogens with zero attached hydrogens (tertiary/aromatic N) is 1. The molecule has 4 rings (SSSR count). The van der Waals surface area contributed by atoms with Gasteiger partial charge in [-0.25, -0.2) is 9.69 Å². The summed E-state index contributed by atoms with van der Waals surface area (Å²) in [4.78, 5) is 51.7. The van der Waals surface area contributed by atoms with Crippen molar-refractivity contribution < 1.29 is 28.7 Å². The van der Waals surface area contributed by atoms with Gasteiger partial charge in [-0.3, -0.25) is 19.7 Å². The van der Waals surface area contributed by atoms with Crippen LogP contribution in [0.3, 0.4) is 0 Å². The Morgan fingerprint density at radius 1 is 0.951 bits per heavy atom. The summed E-state index contributed by atoms with van der Waals surface area (Å²) < 4.78 is 12.0. The van der Waals surface area contributed by atoms with Crippen LogP contribution in [0.5, 0.6) is 11.5 Å². The highest BCUT2D eigenvalue weighted by Crippen LogP contribution is 2.36. The average molecular weight is 749 g/mol. The summed E-state index contributed by atoms with van der Waals surface area (Å²) >= 11 is 25.9. The Morgan fingerprint density at radius 2 is 1.63 bits per heavy atom. The number of hydrogen-bond donors (Lipinski definition) is 2. The molecule has 1 aliphatic heterocycles. The number of barbiturate groups is 1. The van der Waals surface area contributed by atoms with Crippen molar-refractivity contribution in [1.29, 1.82) is 0 Å². The van der Waals surface area contributed by atoms with Gasteiger partial charge in [-0.05, 0) is 89.7 Å². The Bertz CT molecular complexity index is 1610. The van der Waals surface area contributed by atoms with E-state index in [1.54, 1.807) is 31.2 Å². The molecule has 0 unspecified atom stereocenters. The Balaban J connectivity index is 1.58. The first-order chi connectivity index (χ1) is 19.5. The smallest absolute Gasteiger partial charge is 0.335 e. The number of nitrogens with one attached hydrogen (secondary N) is 2.